The Bertz CT molecular complexity index is 230. The Morgan fingerprint density at radius 3 is 1.64 bits per heavy atom. The summed E-state index contributed by atoms with van der Waals surface area (Å²) >= 11 is 0. The van der Waals surface area contributed by atoms with Gasteiger partial charge in [-0.15, -0.1) is 0 Å². The molecule has 0 heterocycles. The van der Waals surface area contributed by atoms with Gasteiger partial charge < -0.3 is 0 Å². The van der Waals surface area contributed by atoms with Crippen molar-refractivity contribution in [3.05, 3.63) is 0 Å². The average molecular weight is 311 g/mol. The van der Waals surface area contributed by atoms with Gasteiger partial charge in [-0.3, -0.25) is 0 Å². The lowest BCUT2D eigenvalue weighted by atomic mass is 9.81. The highest BCUT2D eigenvalue weighted by Crippen LogP contribution is 2.30. The largest absolute Gasteiger partial charge is 0.0654 e. The van der Waals surface area contributed by atoms with Gasteiger partial charge in [0.25, 0.3) is 0 Å². The molecule has 0 nitrogen and oxygen atoms in total. The van der Waals surface area contributed by atoms with Crippen LogP contribution in [0.5, 0.6) is 0 Å². The van der Waals surface area contributed by atoms with E-state index >= 15 is 0 Å². The molecule has 0 amide bonds. The van der Waals surface area contributed by atoms with Gasteiger partial charge >= 0.3 is 0 Å². The molecule has 0 spiro atoms. The molecular weight excluding hydrogens is 264 g/mol. The van der Waals surface area contributed by atoms with Crippen molar-refractivity contribution in [1.29, 1.82) is 0 Å². The van der Waals surface area contributed by atoms with Gasteiger partial charge in [-0.1, -0.05) is 113 Å². The molecule has 0 aliphatic heterocycles. The zero-order chi connectivity index (χ0) is 17.0. The Kier molecular flexibility index (Phi) is 13.4. The minimum absolute atomic E-state index is 0.849. The zero-order valence-corrected chi connectivity index (χ0v) is 17.0. The van der Waals surface area contributed by atoms with Crippen LogP contribution < -0.4 is 0 Å². The van der Waals surface area contributed by atoms with Crippen molar-refractivity contribution in [3.63, 3.8) is 0 Å². The summed E-state index contributed by atoms with van der Waals surface area (Å²) < 4.78 is 0. The van der Waals surface area contributed by atoms with Crippen molar-refractivity contribution in [2.24, 2.45) is 29.6 Å². The van der Waals surface area contributed by atoms with Gasteiger partial charge in [-0.2, -0.15) is 0 Å². The van der Waals surface area contributed by atoms with Crippen molar-refractivity contribution in [2.45, 2.75) is 113 Å². The first kappa shape index (κ1) is 22.0. The molecule has 0 rings (SSSR count). The minimum Gasteiger partial charge on any atom is -0.0654 e. The lowest BCUT2D eigenvalue weighted by Crippen LogP contribution is -2.13. The lowest BCUT2D eigenvalue weighted by Gasteiger charge is -2.25. The number of rotatable bonds is 14. The fourth-order valence-electron chi connectivity index (χ4n) is 3.78. The van der Waals surface area contributed by atoms with Crippen LogP contribution in [0.2, 0.25) is 0 Å². The first-order chi connectivity index (χ1) is 10.4. The molecule has 134 valence electrons. The predicted octanol–water partition coefficient (Wildman–Crippen LogP) is 8.11. The van der Waals surface area contributed by atoms with E-state index in [4.69, 9.17) is 0 Å². The summed E-state index contributed by atoms with van der Waals surface area (Å²) in [7, 11) is 0. The van der Waals surface area contributed by atoms with Gasteiger partial charge in [-0.05, 0) is 29.6 Å². The normalized spacial score (nSPS) is 17.5. The van der Waals surface area contributed by atoms with E-state index in [9.17, 15) is 0 Å². The Balaban J connectivity index is 4.02. The van der Waals surface area contributed by atoms with Gasteiger partial charge in [0.15, 0.2) is 0 Å². The smallest absolute Gasteiger partial charge is 0.0389 e. The lowest BCUT2D eigenvalue weighted by molar-refractivity contribution is 0.265. The summed E-state index contributed by atoms with van der Waals surface area (Å²) in [6, 6.07) is 0. The summed E-state index contributed by atoms with van der Waals surface area (Å²) in [6.07, 6.45) is 14.3. The first-order valence-electron chi connectivity index (χ1n) is 10.4. The van der Waals surface area contributed by atoms with Crippen molar-refractivity contribution in [2.75, 3.05) is 0 Å². The molecule has 0 aliphatic carbocycles. The number of hydrogen-bond donors (Lipinski definition) is 0. The Morgan fingerprint density at radius 1 is 0.545 bits per heavy atom. The van der Waals surface area contributed by atoms with Gasteiger partial charge in [0, 0.05) is 0 Å². The maximum atomic E-state index is 2.52. The molecule has 0 saturated carbocycles. The summed E-state index contributed by atoms with van der Waals surface area (Å²) in [4.78, 5) is 0. The van der Waals surface area contributed by atoms with Crippen LogP contribution in [0.4, 0.5) is 0 Å². The molecule has 22 heavy (non-hydrogen) atoms. The third kappa shape index (κ3) is 10.7. The predicted molar refractivity (Wildman–Crippen MR) is 103 cm³/mol. The molecule has 0 N–H and O–H groups in total. The van der Waals surface area contributed by atoms with Crippen LogP contribution in [-0.4, -0.2) is 0 Å². The van der Waals surface area contributed by atoms with Gasteiger partial charge in [0.2, 0.25) is 0 Å². The highest BCUT2D eigenvalue weighted by Gasteiger charge is 2.17. The molecular formula is C22H46. The Hall–Kier alpha value is 0. The van der Waals surface area contributed by atoms with Gasteiger partial charge in [0.05, 0.1) is 0 Å². The van der Waals surface area contributed by atoms with Gasteiger partial charge in [0.1, 0.15) is 0 Å². The van der Waals surface area contributed by atoms with Crippen LogP contribution in [0.1, 0.15) is 113 Å². The van der Waals surface area contributed by atoms with E-state index in [0.717, 1.165) is 29.6 Å². The quantitative estimate of drug-likeness (QED) is 0.304. The summed E-state index contributed by atoms with van der Waals surface area (Å²) in [5, 5.41) is 0. The molecule has 0 saturated heterocycles. The third-order valence-corrected chi connectivity index (χ3v) is 5.97. The second-order valence-corrected chi connectivity index (χ2v) is 8.50. The van der Waals surface area contributed by atoms with Crippen LogP contribution in [0, 0.1) is 29.6 Å². The highest BCUT2D eigenvalue weighted by molar-refractivity contribution is 4.69. The van der Waals surface area contributed by atoms with E-state index < -0.39 is 0 Å². The molecule has 4 atom stereocenters. The molecule has 0 bridgehead atoms. The molecule has 0 aromatic heterocycles. The Labute approximate surface area is 142 Å². The highest BCUT2D eigenvalue weighted by atomic mass is 14.2. The molecule has 0 fully saturated rings. The van der Waals surface area contributed by atoms with E-state index in [1.807, 2.05) is 0 Å². The van der Waals surface area contributed by atoms with Crippen LogP contribution in [0.15, 0.2) is 0 Å². The maximum absolute atomic E-state index is 2.52. The second-order valence-electron chi connectivity index (χ2n) is 8.50. The van der Waals surface area contributed by atoms with Crippen LogP contribution >= 0.6 is 0 Å². The molecule has 4 unspecified atom stereocenters. The van der Waals surface area contributed by atoms with Crippen molar-refractivity contribution in [3.8, 4) is 0 Å². The van der Waals surface area contributed by atoms with Crippen molar-refractivity contribution < 1.29 is 0 Å². The van der Waals surface area contributed by atoms with E-state index in [0.29, 0.717) is 0 Å². The average Bonchev–Trinajstić information content (AvgIpc) is 2.46. The summed E-state index contributed by atoms with van der Waals surface area (Å²) in [5.74, 6) is 4.59. The van der Waals surface area contributed by atoms with E-state index in [1.54, 1.807) is 0 Å². The molecule has 0 heteroatoms. The molecule has 0 aliphatic rings. The van der Waals surface area contributed by atoms with Crippen LogP contribution in [0.3, 0.4) is 0 Å². The summed E-state index contributed by atoms with van der Waals surface area (Å²) in [6.45, 7) is 16.8. The fraction of sp³-hybridized carbons (Fsp3) is 1.00. The van der Waals surface area contributed by atoms with E-state index in [1.165, 1.54) is 64.2 Å². The first-order valence-corrected chi connectivity index (χ1v) is 10.4. The van der Waals surface area contributed by atoms with E-state index in [2.05, 4.69) is 48.5 Å². The zero-order valence-electron chi connectivity index (χ0n) is 17.0. The van der Waals surface area contributed by atoms with Crippen LogP contribution in [-0.2, 0) is 0 Å². The second kappa shape index (κ2) is 13.4. The number of hydrogen-bond acceptors (Lipinski definition) is 0. The third-order valence-electron chi connectivity index (χ3n) is 5.97. The van der Waals surface area contributed by atoms with Crippen molar-refractivity contribution in [1.82, 2.24) is 0 Å². The topological polar surface area (TPSA) is 0 Å². The fourth-order valence-corrected chi connectivity index (χ4v) is 3.78. The molecule has 0 aromatic rings. The SMILES string of the molecule is CCCC(C)CCCC(CCC)C(C)CCCC(C)C(C)C. The van der Waals surface area contributed by atoms with E-state index in [-0.39, 0.29) is 0 Å². The van der Waals surface area contributed by atoms with Crippen LogP contribution in [0.25, 0.3) is 0 Å². The van der Waals surface area contributed by atoms with Crippen molar-refractivity contribution >= 4 is 0 Å². The van der Waals surface area contributed by atoms with Gasteiger partial charge in [-0.25, -0.2) is 0 Å². The standard InChI is InChI=1S/C22H46/c1-8-12-19(5)14-10-17-22(13-9-2)21(7)16-11-15-20(6)18(3)4/h18-22H,8-17H2,1-7H3. The summed E-state index contributed by atoms with van der Waals surface area (Å²) in [5.41, 5.74) is 0. The molecule has 0 radical (unpaired) electrons. The Morgan fingerprint density at radius 2 is 1.09 bits per heavy atom. The minimum atomic E-state index is 0.849. The molecule has 0 aromatic carbocycles. The monoisotopic (exact) mass is 310 g/mol. The maximum Gasteiger partial charge on any atom is -0.0389 e.